The van der Waals surface area contributed by atoms with Crippen molar-refractivity contribution in [1.29, 1.82) is 0 Å². The minimum atomic E-state index is -5.04. The second-order valence-electron chi connectivity index (χ2n) is 5.11. The summed E-state index contributed by atoms with van der Waals surface area (Å²) < 4.78 is 64.4. The third-order valence-corrected chi connectivity index (χ3v) is 3.78. The van der Waals surface area contributed by atoms with Crippen LogP contribution in [0.2, 0.25) is 0 Å². The van der Waals surface area contributed by atoms with Gasteiger partial charge in [0.1, 0.15) is 23.5 Å². The highest BCUT2D eigenvalue weighted by Gasteiger charge is 2.38. The topological polar surface area (TPSA) is 17.1 Å². The molecule has 0 heterocycles. The number of halogens is 5. The van der Waals surface area contributed by atoms with E-state index in [2.05, 4.69) is 0 Å². The van der Waals surface area contributed by atoms with Crippen LogP contribution >= 0.6 is 0 Å². The van der Waals surface area contributed by atoms with Crippen LogP contribution in [-0.4, -0.2) is 6.29 Å². The number of alkyl halides is 3. The quantitative estimate of drug-likeness (QED) is 0.581. The molecule has 0 radical (unpaired) electrons. The summed E-state index contributed by atoms with van der Waals surface area (Å²) >= 11 is 0. The lowest BCUT2D eigenvalue weighted by atomic mass is 9.79. The summed E-state index contributed by atoms with van der Waals surface area (Å²) in [7, 11) is 0. The Labute approximate surface area is 112 Å². The van der Waals surface area contributed by atoms with Gasteiger partial charge < -0.3 is 4.79 Å². The highest BCUT2D eigenvalue weighted by molar-refractivity contribution is 5.53. The number of hydrogen-bond donors (Lipinski definition) is 0. The standard InChI is InChI=1S/C14H13F5O/c15-11-5-10(6-12(16)13(11)14(17,18)19)9-3-1-8(7-20)2-4-9/h5-9H,1-4H2/t8-,9-. The molecule has 110 valence electrons. The van der Waals surface area contributed by atoms with Gasteiger partial charge in [-0.1, -0.05) is 0 Å². The smallest absolute Gasteiger partial charge is 0.303 e. The van der Waals surface area contributed by atoms with Crippen molar-refractivity contribution in [1.82, 2.24) is 0 Å². The lowest BCUT2D eigenvalue weighted by Gasteiger charge is -2.26. The molecule has 0 N–H and O–H groups in total. The number of benzene rings is 1. The monoisotopic (exact) mass is 292 g/mol. The van der Waals surface area contributed by atoms with Crippen LogP contribution in [0.15, 0.2) is 12.1 Å². The molecule has 0 spiro atoms. The molecule has 0 aromatic heterocycles. The van der Waals surface area contributed by atoms with Gasteiger partial charge in [0.05, 0.1) is 0 Å². The minimum Gasteiger partial charge on any atom is -0.303 e. The average Bonchev–Trinajstić information content (AvgIpc) is 2.36. The SMILES string of the molecule is O=C[C@H]1CC[C@H](c2cc(F)c(C(F)(F)F)c(F)c2)CC1. The molecular weight excluding hydrogens is 279 g/mol. The van der Waals surface area contributed by atoms with Crippen LogP contribution < -0.4 is 0 Å². The third kappa shape index (κ3) is 2.99. The van der Waals surface area contributed by atoms with Gasteiger partial charge in [-0.3, -0.25) is 0 Å². The fourth-order valence-electron chi connectivity index (χ4n) is 2.69. The lowest BCUT2D eigenvalue weighted by molar-refractivity contribution is -0.142. The first kappa shape index (κ1) is 14.9. The zero-order valence-electron chi connectivity index (χ0n) is 10.5. The summed E-state index contributed by atoms with van der Waals surface area (Å²) in [5, 5.41) is 0. The molecule has 0 saturated heterocycles. The molecule has 1 fully saturated rings. The molecule has 1 aliphatic rings. The van der Waals surface area contributed by atoms with Gasteiger partial charge in [0, 0.05) is 5.92 Å². The molecule has 1 saturated carbocycles. The number of aldehydes is 1. The summed E-state index contributed by atoms with van der Waals surface area (Å²) in [6, 6.07) is 1.52. The van der Waals surface area contributed by atoms with E-state index in [0.29, 0.717) is 25.7 Å². The molecule has 20 heavy (non-hydrogen) atoms. The Morgan fingerprint density at radius 1 is 1.00 bits per heavy atom. The van der Waals surface area contributed by atoms with E-state index in [-0.39, 0.29) is 17.4 Å². The van der Waals surface area contributed by atoms with Crippen molar-refractivity contribution in [2.24, 2.45) is 5.92 Å². The van der Waals surface area contributed by atoms with E-state index >= 15 is 0 Å². The molecule has 1 nitrogen and oxygen atoms in total. The van der Waals surface area contributed by atoms with E-state index in [1.165, 1.54) is 0 Å². The molecule has 0 atom stereocenters. The summed E-state index contributed by atoms with van der Waals surface area (Å²) in [5.74, 6) is -3.41. The van der Waals surface area contributed by atoms with Gasteiger partial charge in [0.25, 0.3) is 0 Å². The van der Waals surface area contributed by atoms with Gasteiger partial charge in [-0.2, -0.15) is 13.2 Å². The van der Waals surface area contributed by atoms with Gasteiger partial charge in [0.2, 0.25) is 0 Å². The van der Waals surface area contributed by atoms with Gasteiger partial charge in [-0.05, 0) is 49.3 Å². The Balaban J connectivity index is 2.25. The maximum absolute atomic E-state index is 13.5. The normalized spacial score (nSPS) is 23.6. The molecule has 0 amide bonds. The summed E-state index contributed by atoms with van der Waals surface area (Å²) in [6.45, 7) is 0. The maximum atomic E-state index is 13.5. The first-order chi connectivity index (χ1) is 9.32. The zero-order valence-corrected chi connectivity index (χ0v) is 10.5. The molecule has 2 rings (SSSR count). The van der Waals surface area contributed by atoms with E-state index in [9.17, 15) is 26.7 Å². The summed E-state index contributed by atoms with van der Waals surface area (Å²) in [4.78, 5) is 10.6. The fourth-order valence-corrected chi connectivity index (χ4v) is 2.69. The van der Waals surface area contributed by atoms with Crippen molar-refractivity contribution >= 4 is 6.29 Å². The second-order valence-corrected chi connectivity index (χ2v) is 5.11. The van der Waals surface area contributed by atoms with E-state index < -0.39 is 23.4 Å². The molecule has 6 heteroatoms. The highest BCUT2D eigenvalue weighted by Crippen LogP contribution is 2.39. The first-order valence-electron chi connectivity index (χ1n) is 6.34. The summed E-state index contributed by atoms with van der Waals surface area (Å²) in [5.41, 5.74) is -1.61. The molecular formula is C14H13F5O. The van der Waals surface area contributed by atoms with E-state index in [1.807, 2.05) is 0 Å². The fraction of sp³-hybridized carbons (Fsp3) is 0.500. The van der Waals surface area contributed by atoms with Gasteiger partial charge in [0.15, 0.2) is 0 Å². The predicted molar refractivity (Wildman–Crippen MR) is 62.1 cm³/mol. The molecule has 0 aliphatic heterocycles. The Bertz CT molecular complexity index is 478. The largest absolute Gasteiger partial charge is 0.422 e. The van der Waals surface area contributed by atoms with Crippen molar-refractivity contribution in [3.05, 3.63) is 34.9 Å². The Morgan fingerprint density at radius 3 is 1.90 bits per heavy atom. The molecule has 1 aromatic carbocycles. The van der Waals surface area contributed by atoms with Gasteiger partial charge in [-0.25, -0.2) is 8.78 Å². The Hall–Kier alpha value is -1.46. The molecule has 1 aliphatic carbocycles. The predicted octanol–water partition coefficient (Wildman–Crippen LogP) is 4.46. The Kier molecular flexibility index (Phi) is 4.11. The van der Waals surface area contributed by atoms with Crippen LogP contribution in [0.1, 0.15) is 42.7 Å². The molecule has 0 unspecified atom stereocenters. The molecule has 1 aromatic rings. The second kappa shape index (κ2) is 5.50. The van der Waals surface area contributed by atoms with E-state index in [4.69, 9.17) is 0 Å². The van der Waals surface area contributed by atoms with E-state index in [0.717, 1.165) is 18.4 Å². The van der Waals surface area contributed by atoms with Crippen molar-refractivity contribution in [2.45, 2.75) is 37.8 Å². The van der Waals surface area contributed by atoms with Crippen molar-refractivity contribution in [2.75, 3.05) is 0 Å². The zero-order chi connectivity index (χ0) is 14.9. The highest BCUT2D eigenvalue weighted by atomic mass is 19.4. The van der Waals surface area contributed by atoms with E-state index in [1.54, 1.807) is 0 Å². The van der Waals surface area contributed by atoms with Crippen molar-refractivity contribution in [3.63, 3.8) is 0 Å². The van der Waals surface area contributed by atoms with Crippen LogP contribution in [0.25, 0.3) is 0 Å². The average molecular weight is 292 g/mol. The van der Waals surface area contributed by atoms with Gasteiger partial charge >= 0.3 is 6.18 Å². The first-order valence-corrected chi connectivity index (χ1v) is 6.34. The van der Waals surface area contributed by atoms with Crippen LogP contribution in [0, 0.1) is 17.6 Å². The third-order valence-electron chi connectivity index (χ3n) is 3.78. The number of rotatable bonds is 2. The van der Waals surface area contributed by atoms with Crippen molar-refractivity contribution < 1.29 is 26.7 Å². The van der Waals surface area contributed by atoms with Gasteiger partial charge in [-0.15, -0.1) is 0 Å². The number of carbonyl (C=O) groups excluding carboxylic acids is 1. The van der Waals surface area contributed by atoms with Crippen LogP contribution in [0.3, 0.4) is 0 Å². The lowest BCUT2D eigenvalue weighted by Crippen LogP contribution is -2.16. The molecule has 0 bridgehead atoms. The number of carbonyl (C=O) groups is 1. The minimum absolute atomic E-state index is 0.0598. The van der Waals surface area contributed by atoms with Crippen molar-refractivity contribution in [3.8, 4) is 0 Å². The van der Waals surface area contributed by atoms with Crippen LogP contribution in [0.5, 0.6) is 0 Å². The van der Waals surface area contributed by atoms with Crippen LogP contribution in [0.4, 0.5) is 22.0 Å². The summed E-state index contributed by atoms with van der Waals surface area (Å²) in [6.07, 6.45) is -1.90. The Morgan fingerprint density at radius 2 is 1.50 bits per heavy atom. The van der Waals surface area contributed by atoms with Crippen LogP contribution in [-0.2, 0) is 11.0 Å². The number of hydrogen-bond acceptors (Lipinski definition) is 1. The maximum Gasteiger partial charge on any atom is 0.422 e.